The van der Waals surface area contributed by atoms with Gasteiger partial charge in [-0.25, -0.2) is 9.97 Å². The third-order valence-electron chi connectivity index (χ3n) is 3.98. The van der Waals surface area contributed by atoms with Crippen LogP contribution in [0.15, 0.2) is 12.1 Å². The van der Waals surface area contributed by atoms with E-state index >= 15 is 0 Å². The molecule has 1 saturated heterocycles. The fourth-order valence-electron chi connectivity index (χ4n) is 2.82. The van der Waals surface area contributed by atoms with Crippen LogP contribution in [0.2, 0.25) is 10.4 Å². The lowest BCUT2D eigenvalue weighted by Crippen LogP contribution is -2.21. The highest BCUT2D eigenvalue weighted by Gasteiger charge is 2.13. The minimum Gasteiger partial charge on any atom is -0.493 e. The molecule has 124 valence electrons. The van der Waals surface area contributed by atoms with Gasteiger partial charge in [0.1, 0.15) is 5.15 Å². The molecular formula is C16H19Cl2N3O2. The molecule has 0 atom stereocenters. The van der Waals surface area contributed by atoms with Crippen molar-refractivity contribution >= 4 is 34.1 Å². The molecule has 1 fully saturated rings. The van der Waals surface area contributed by atoms with Gasteiger partial charge in [-0.3, -0.25) is 0 Å². The number of rotatable bonds is 6. The van der Waals surface area contributed by atoms with Gasteiger partial charge in [-0.2, -0.15) is 0 Å². The number of likely N-dealkylation sites (tertiary alicyclic amines) is 1. The first-order valence-electron chi connectivity index (χ1n) is 7.73. The van der Waals surface area contributed by atoms with E-state index in [1.165, 1.54) is 25.9 Å². The first kappa shape index (κ1) is 16.6. The van der Waals surface area contributed by atoms with Crippen molar-refractivity contribution in [1.29, 1.82) is 0 Å². The van der Waals surface area contributed by atoms with Gasteiger partial charge in [-0.05, 0) is 50.0 Å². The zero-order valence-corrected chi connectivity index (χ0v) is 14.5. The summed E-state index contributed by atoms with van der Waals surface area (Å²) in [5.74, 6) is 1.26. The summed E-state index contributed by atoms with van der Waals surface area (Å²) in [7, 11) is 1.60. The summed E-state index contributed by atoms with van der Waals surface area (Å²) in [6.07, 6.45) is 3.59. The van der Waals surface area contributed by atoms with Gasteiger partial charge in [0.25, 0.3) is 0 Å². The molecule has 1 aliphatic rings. The molecule has 1 aromatic heterocycles. The normalized spacial score (nSPS) is 15.3. The number of halogens is 2. The van der Waals surface area contributed by atoms with Gasteiger partial charge < -0.3 is 14.4 Å². The summed E-state index contributed by atoms with van der Waals surface area (Å²) < 4.78 is 11.3. The Morgan fingerprint density at radius 1 is 1.13 bits per heavy atom. The average Bonchev–Trinajstić information content (AvgIpc) is 3.04. The number of fused-ring (bicyclic) bond motifs is 1. The molecule has 0 amide bonds. The third-order valence-corrected chi connectivity index (χ3v) is 4.44. The molecule has 23 heavy (non-hydrogen) atoms. The molecule has 0 unspecified atom stereocenters. The van der Waals surface area contributed by atoms with Crippen LogP contribution < -0.4 is 9.47 Å². The second-order valence-corrected chi connectivity index (χ2v) is 6.25. The van der Waals surface area contributed by atoms with Gasteiger partial charge in [0, 0.05) is 18.0 Å². The summed E-state index contributed by atoms with van der Waals surface area (Å²) >= 11 is 12.0. The molecule has 1 aliphatic heterocycles. The Labute approximate surface area is 145 Å². The molecule has 0 saturated carbocycles. The Hall–Kier alpha value is -1.30. The van der Waals surface area contributed by atoms with Crippen molar-refractivity contribution in [2.75, 3.05) is 33.4 Å². The molecule has 2 aromatic rings. The van der Waals surface area contributed by atoms with Crippen LogP contribution in [0.3, 0.4) is 0 Å². The predicted molar refractivity (Wildman–Crippen MR) is 91.9 cm³/mol. The summed E-state index contributed by atoms with van der Waals surface area (Å²) in [5.41, 5.74) is 0.644. The SMILES string of the molecule is COc1cc2c(Cl)nc(Cl)nc2cc1OCCCN1CCCC1. The fourth-order valence-corrected chi connectivity index (χ4v) is 3.27. The molecule has 0 aliphatic carbocycles. The Kier molecular flexibility index (Phi) is 5.41. The minimum atomic E-state index is 0.118. The maximum absolute atomic E-state index is 6.11. The van der Waals surface area contributed by atoms with Crippen LogP contribution in [0, 0.1) is 0 Å². The van der Waals surface area contributed by atoms with Crippen molar-refractivity contribution in [1.82, 2.24) is 14.9 Å². The first-order chi connectivity index (χ1) is 11.2. The van der Waals surface area contributed by atoms with Crippen molar-refractivity contribution in [2.45, 2.75) is 19.3 Å². The quantitative estimate of drug-likeness (QED) is 0.448. The summed E-state index contributed by atoms with van der Waals surface area (Å²) in [6, 6.07) is 3.58. The Morgan fingerprint density at radius 3 is 2.65 bits per heavy atom. The summed E-state index contributed by atoms with van der Waals surface area (Å²) in [4.78, 5) is 10.6. The van der Waals surface area contributed by atoms with E-state index in [1.54, 1.807) is 19.2 Å². The number of methoxy groups -OCH3 is 1. The molecule has 1 aromatic carbocycles. The van der Waals surface area contributed by atoms with E-state index in [9.17, 15) is 0 Å². The number of nitrogens with zero attached hydrogens (tertiary/aromatic N) is 3. The van der Waals surface area contributed by atoms with Crippen LogP contribution in [0.5, 0.6) is 11.5 Å². The van der Waals surface area contributed by atoms with Gasteiger partial charge in [0.2, 0.25) is 5.28 Å². The van der Waals surface area contributed by atoms with E-state index in [-0.39, 0.29) is 5.28 Å². The monoisotopic (exact) mass is 355 g/mol. The standard InChI is InChI=1S/C16H19Cl2N3O2/c1-22-13-9-11-12(19-16(18)20-15(11)17)10-14(13)23-8-4-7-21-5-2-3-6-21/h9-10H,2-8H2,1H3. The van der Waals surface area contributed by atoms with Gasteiger partial charge in [0.05, 0.1) is 19.2 Å². The predicted octanol–water partition coefficient (Wildman–Crippen LogP) is 3.81. The maximum Gasteiger partial charge on any atom is 0.224 e. The highest BCUT2D eigenvalue weighted by molar-refractivity contribution is 6.35. The fraction of sp³-hybridized carbons (Fsp3) is 0.500. The summed E-state index contributed by atoms with van der Waals surface area (Å²) in [6.45, 7) is 4.10. The molecule has 0 spiro atoms. The third kappa shape index (κ3) is 3.97. The van der Waals surface area contributed by atoms with E-state index in [0.717, 1.165) is 13.0 Å². The van der Waals surface area contributed by atoms with E-state index in [2.05, 4.69) is 14.9 Å². The molecule has 3 rings (SSSR count). The number of hydrogen-bond donors (Lipinski definition) is 0. The van der Waals surface area contributed by atoms with E-state index in [4.69, 9.17) is 32.7 Å². The van der Waals surface area contributed by atoms with Crippen molar-refractivity contribution < 1.29 is 9.47 Å². The Morgan fingerprint density at radius 2 is 1.91 bits per heavy atom. The average molecular weight is 356 g/mol. The van der Waals surface area contributed by atoms with Crippen LogP contribution in [0.4, 0.5) is 0 Å². The van der Waals surface area contributed by atoms with Gasteiger partial charge in [-0.1, -0.05) is 11.6 Å². The van der Waals surface area contributed by atoms with Gasteiger partial charge in [-0.15, -0.1) is 0 Å². The number of hydrogen-bond acceptors (Lipinski definition) is 5. The molecule has 0 N–H and O–H groups in total. The van der Waals surface area contributed by atoms with Crippen molar-refractivity contribution in [2.24, 2.45) is 0 Å². The second-order valence-electron chi connectivity index (χ2n) is 5.55. The lowest BCUT2D eigenvalue weighted by atomic mass is 10.2. The zero-order valence-electron chi connectivity index (χ0n) is 13.0. The second kappa shape index (κ2) is 7.51. The van der Waals surface area contributed by atoms with Crippen molar-refractivity contribution in [3.63, 3.8) is 0 Å². The summed E-state index contributed by atoms with van der Waals surface area (Å²) in [5, 5.41) is 1.11. The Bertz CT molecular complexity index is 691. The highest BCUT2D eigenvalue weighted by Crippen LogP contribution is 2.34. The van der Waals surface area contributed by atoms with Crippen LogP contribution >= 0.6 is 23.2 Å². The number of ether oxygens (including phenoxy) is 2. The molecular weight excluding hydrogens is 337 g/mol. The highest BCUT2D eigenvalue weighted by atomic mass is 35.5. The lowest BCUT2D eigenvalue weighted by Gasteiger charge is -2.15. The van der Waals surface area contributed by atoms with E-state index in [0.29, 0.717) is 34.2 Å². The van der Waals surface area contributed by atoms with Crippen molar-refractivity contribution in [3.8, 4) is 11.5 Å². The smallest absolute Gasteiger partial charge is 0.224 e. The van der Waals surface area contributed by atoms with Crippen LogP contribution in [0.1, 0.15) is 19.3 Å². The van der Waals surface area contributed by atoms with E-state index in [1.807, 2.05) is 0 Å². The van der Waals surface area contributed by atoms with Crippen LogP contribution in [-0.4, -0.2) is 48.2 Å². The molecule has 7 heteroatoms. The van der Waals surface area contributed by atoms with Crippen molar-refractivity contribution in [3.05, 3.63) is 22.6 Å². The first-order valence-corrected chi connectivity index (χ1v) is 8.49. The lowest BCUT2D eigenvalue weighted by molar-refractivity contribution is 0.254. The van der Waals surface area contributed by atoms with Crippen LogP contribution in [0.25, 0.3) is 10.9 Å². The van der Waals surface area contributed by atoms with E-state index < -0.39 is 0 Å². The van der Waals surface area contributed by atoms with Gasteiger partial charge in [0.15, 0.2) is 11.5 Å². The maximum atomic E-state index is 6.11. The molecule has 2 heterocycles. The molecule has 0 bridgehead atoms. The molecule has 5 nitrogen and oxygen atoms in total. The molecule has 0 radical (unpaired) electrons. The Balaban J connectivity index is 1.71. The topological polar surface area (TPSA) is 47.5 Å². The largest absolute Gasteiger partial charge is 0.493 e. The van der Waals surface area contributed by atoms with Crippen LogP contribution in [-0.2, 0) is 0 Å². The zero-order chi connectivity index (χ0) is 16.2. The van der Waals surface area contributed by atoms with Gasteiger partial charge >= 0.3 is 0 Å². The minimum absolute atomic E-state index is 0.118. The number of aromatic nitrogens is 2. The number of benzene rings is 1.